The summed E-state index contributed by atoms with van der Waals surface area (Å²) in [5, 5.41) is 2.61. The highest BCUT2D eigenvalue weighted by molar-refractivity contribution is 7.93. The summed E-state index contributed by atoms with van der Waals surface area (Å²) < 4.78 is 57.1. The van der Waals surface area contributed by atoms with E-state index < -0.39 is 26.0 Å². The highest BCUT2D eigenvalue weighted by Crippen LogP contribution is 2.28. The van der Waals surface area contributed by atoms with Crippen LogP contribution >= 0.6 is 11.6 Å². The molecule has 0 aliphatic carbocycles. The normalized spacial score (nSPS) is 11.6. The molecule has 0 radical (unpaired) electrons. The van der Waals surface area contributed by atoms with Gasteiger partial charge in [0.1, 0.15) is 4.90 Å². The maximum atomic E-state index is 13.1. The highest BCUT2D eigenvalue weighted by Gasteiger charge is 2.22. The van der Waals surface area contributed by atoms with E-state index in [1.807, 2.05) is 39.0 Å². The van der Waals surface area contributed by atoms with Gasteiger partial charge in [0.05, 0.1) is 21.3 Å². The largest absolute Gasteiger partial charge is 0.322 e. The lowest BCUT2D eigenvalue weighted by Crippen LogP contribution is -2.17. The van der Waals surface area contributed by atoms with Crippen LogP contribution in [0.25, 0.3) is 0 Å². The molecule has 0 fully saturated rings. The van der Waals surface area contributed by atoms with Crippen LogP contribution in [0.4, 0.5) is 17.1 Å². The van der Waals surface area contributed by atoms with Crippen molar-refractivity contribution >= 4 is 54.6 Å². The molecule has 208 valence electrons. The van der Waals surface area contributed by atoms with Crippen LogP contribution in [-0.2, 0) is 20.0 Å². The maximum Gasteiger partial charge on any atom is 0.263 e. The molecule has 8 nitrogen and oxygen atoms in total. The van der Waals surface area contributed by atoms with Crippen LogP contribution in [0.2, 0.25) is 5.02 Å². The number of halogens is 1. The molecule has 11 heteroatoms. The molecule has 0 saturated carbocycles. The van der Waals surface area contributed by atoms with Gasteiger partial charge in [-0.15, -0.1) is 0 Å². The first kappa shape index (κ1) is 29.1. The number of carbonyl (C=O) groups excluding carboxylic acids is 1. The van der Waals surface area contributed by atoms with E-state index in [9.17, 15) is 21.6 Å². The van der Waals surface area contributed by atoms with Crippen molar-refractivity contribution in [2.24, 2.45) is 0 Å². The molecular formula is C29H28ClN3O5S2. The van der Waals surface area contributed by atoms with Gasteiger partial charge in [0, 0.05) is 11.3 Å². The first-order chi connectivity index (χ1) is 18.7. The minimum absolute atomic E-state index is 0.0165. The van der Waals surface area contributed by atoms with Crippen LogP contribution in [-0.4, -0.2) is 22.7 Å². The fourth-order valence-electron chi connectivity index (χ4n) is 3.95. The summed E-state index contributed by atoms with van der Waals surface area (Å²) in [6.07, 6.45) is 0. The van der Waals surface area contributed by atoms with Gasteiger partial charge in [-0.3, -0.25) is 14.2 Å². The molecule has 0 bridgehead atoms. The Labute approximate surface area is 239 Å². The predicted molar refractivity (Wildman–Crippen MR) is 159 cm³/mol. The number of amides is 1. The standard InChI is InChI=1S/C29H28ClN3O5S2/c1-18-6-14-26(21(4)15-18)32-39(35,36)24-11-9-23(10-12-24)31-29(34)22-8-13-25(30)28(17-22)40(37,38)33-27-16-19(2)5-7-20(27)3/h5-17,32-33H,1-4H3,(H,31,34). The predicted octanol–water partition coefficient (Wildman–Crippen LogP) is 6.43. The van der Waals surface area contributed by atoms with Crippen LogP contribution < -0.4 is 14.8 Å². The maximum absolute atomic E-state index is 13.1. The topological polar surface area (TPSA) is 121 Å². The number of rotatable bonds is 8. The molecular weight excluding hydrogens is 570 g/mol. The number of anilines is 3. The van der Waals surface area contributed by atoms with E-state index in [0.717, 1.165) is 22.3 Å². The fourth-order valence-corrected chi connectivity index (χ4v) is 6.73. The number of hydrogen-bond acceptors (Lipinski definition) is 5. The number of nitrogens with one attached hydrogen (secondary N) is 3. The second-order valence-electron chi connectivity index (χ2n) is 9.47. The molecule has 4 aromatic rings. The second kappa shape index (κ2) is 11.3. The number of benzene rings is 4. The van der Waals surface area contributed by atoms with Gasteiger partial charge in [0.25, 0.3) is 26.0 Å². The van der Waals surface area contributed by atoms with Gasteiger partial charge in [-0.25, -0.2) is 16.8 Å². The van der Waals surface area contributed by atoms with Gasteiger partial charge < -0.3 is 5.32 Å². The summed E-state index contributed by atoms with van der Waals surface area (Å²) in [5.74, 6) is -0.594. The summed E-state index contributed by atoms with van der Waals surface area (Å²) in [6, 6.07) is 20.3. The molecule has 0 heterocycles. The second-order valence-corrected chi connectivity index (χ2v) is 13.2. The molecule has 0 saturated heterocycles. The number of hydrogen-bond donors (Lipinski definition) is 3. The van der Waals surface area contributed by atoms with E-state index in [-0.39, 0.29) is 20.4 Å². The zero-order chi connectivity index (χ0) is 29.2. The lowest BCUT2D eigenvalue weighted by atomic mass is 10.1. The van der Waals surface area contributed by atoms with Crippen LogP contribution in [0.15, 0.2) is 88.7 Å². The lowest BCUT2D eigenvalue weighted by molar-refractivity contribution is 0.102. The molecule has 0 unspecified atom stereocenters. The smallest absolute Gasteiger partial charge is 0.263 e. The Morgan fingerprint density at radius 1 is 0.650 bits per heavy atom. The Bertz CT molecular complexity index is 1820. The minimum atomic E-state index is -4.10. The molecule has 1 amide bonds. The van der Waals surface area contributed by atoms with Crippen molar-refractivity contribution in [3.05, 3.63) is 112 Å². The number of aryl methyl sites for hydroxylation is 4. The van der Waals surface area contributed by atoms with Gasteiger partial charge in [-0.1, -0.05) is 41.4 Å². The van der Waals surface area contributed by atoms with E-state index in [1.165, 1.54) is 42.5 Å². The van der Waals surface area contributed by atoms with E-state index in [1.54, 1.807) is 25.1 Å². The van der Waals surface area contributed by atoms with Crippen molar-refractivity contribution in [1.82, 2.24) is 0 Å². The van der Waals surface area contributed by atoms with Gasteiger partial charge >= 0.3 is 0 Å². The average molecular weight is 598 g/mol. The van der Waals surface area contributed by atoms with Crippen molar-refractivity contribution in [3.63, 3.8) is 0 Å². The number of sulfonamides is 2. The minimum Gasteiger partial charge on any atom is -0.322 e. The molecule has 3 N–H and O–H groups in total. The van der Waals surface area contributed by atoms with E-state index in [2.05, 4.69) is 14.8 Å². The fraction of sp³-hybridized carbons (Fsp3) is 0.138. The zero-order valence-corrected chi connectivity index (χ0v) is 24.6. The Hall–Kier alpha value is -3.86. The Balaban J connectivity index is 1.51. The first-order valence-electron chi connectivity index (χ1n) is 12.2. The molecule has 4 aromatic carbocycles. The van der Waals surface area contributed by atoms with Crippen molar-refractivity contribution in [1.29, 1.82) is 0 Å². The summed E-state index contributed by atoms with van der Waals surface area (Å²) in [6.45, 7) is 7.36. The van der Waals surface area contributed by atoms with Crippen LogP contribution in [0.1, 0.15) is 32.6 Å². The third-order valence-electron chi connectivity index (χ3n) is 6.17. The molecule has 40 heavy (non-hydrogen) atoms. The third kappa shape index (κ3) is 6.64. The van der Waals surface area contributed by atoms with E-state index in [0.29, 0.717) is 17.1 Å². The molecule has 0 aliphatic heterocycles. The lowest BCUT2D eigenvalue weighted by Gasteiger charge is -2.14. The first-order valence-corrected chi connectivity index (χ1v) is 15.5. The monoisotopic (exact) mass is 597 g/mol. The average Bonchev–Trinajstić information content (AvgIpc) is 2.88. The van der Waals surface area contributed by atoms with E-state index in [4.69, 9.17) is 11.6 Å². The van der Waals surface area contributed by atoms with Gasteiger partial charge in [0.2, 0.25) is 0 Å². The molecule has 0 aromatic heterocycles. The van der Waals surface area contributed by atoms with Crippen LogP contribution in [0, 0.1) is 27.7 Å². The Kier molecular flexibility index (Phi) is 8.25. The third-order valence-corrected chi connectivity index (χ3v) is 9.40. The summed E-state index contributed by atoms with van der Waals surface area (Å²) in [5.41, 5.74) is 4.68. The molecule has 0 spiro atoms. The quantitative estimate of drug-likeness (QED) is 0.216. The molecule has 0 atom stereocenters. The molecule has 4 rings (SSSR count). The van der Waals surface area contributed by atoms with E-state index >= 15 is 0 Å². The Morgan fingerprint density at radius 2 is 1.27 bits per heavy atom. The van der Waals surface area contributed by atoms with Gasteiger partial charge in [-0.2, -0.15) is 0 Å². The summed E-state index contributed by atoms with van der Waals surface area (Å²) >= 11 is 6.20. The van der Waals surface area contributed by atoms with Crippen molar-refractivity contribution < 1.29 is 21.6 Å². The Morgan fingerprint density at radius 3 is 1.95 bits per heavy atom. The van der Waals surface area contributed by atoms with Crippen molar-refractivity contribution in [2.45, 2.75) is 37.5 Å². The summed E-state index contributed by atoms with van der Waals surface area (Å²) in [7, 11) is -7.96. The zero-order valence-electron chi connectivity index (χ0n) is 22.2. The molecule has 0 aliphatic rings. The van der Waals surface area contributed by atoms with Crippen LogP contribution in [0.5, 0.6) is 0 Å². The summed E-state index contributed by atoms with van der Waals surface area (Å²) in [4.78, 5) is 12.7. The van der Waals surface area contributed by atoms with Gasteiger partial charge in [-0.05, 0) is 99.0 Å². The SMILES string of the molecule is Cc1ccc(NS(=O)(=O)c2ccc(NC(=O)c3ccc(Cl)c(S(=O)(=O)Nc4cc(C)ccc4C)c3)cc2)c(C)c1. The number of carbonyl (C=O) groups is 1. The van der Waals surface area contributed by atoms with Crippen molar-refractivity contribution in [2.75, 3.05) is 14.8 Å². The van der Waals surface area contributed by atoms with Crippen molar-refractivity contribution in [3.8, 4) is 0 Å². The van der Waals surface area contributed by atoms with Gasteiger partial charge in [0.15, 0.2) is 0 Å². The van der Waals surface area contributed by atoms with Crippen LogP contribution in [0.3, 0.4) is 0 Å². The highest BCUT2D eigenvalue weighted by atomic mass is 35.5.